The van der Waals surface area contributed by atoms with E-state index in [1.165, 1.54) is 23.2 Å². The Kier molecular flexibility index (Phi) is 12.6. The van der Waals surface area contributed by atoms with Crippen molar-refractivity contribution in [3.8, 4) is 0 Å². The summed E-state index contributed by atoms with van der Waals surface area (Å²) in [6.07, 6.45) is 12.4. The summed E-state index contributed by atoms with van der Waals surface area (Å²) < 4.78 is 0. The molecule has 0 aliphatic carbocycles. The van der Waals surface area contributed by atoms with E-state index in [1.807, 2.05) is 18.6 Å². The summed E-state index contributed by atoms with van der Waals surface area (Å²) in [4.78, 5) is 8.16. The van der Waals surface area contributed by atoms with Gasteiger partial charge in [-0.2, -0.15) is 0 Å². The molecule has 29 heavy (non-hydrogen) atoms. The molecule has 1 aliphatic heterocycles. The van der Waals surface area contributed by atoms with Crippen LogP contribution in [0.4, 0.5) is 0 Å². The molecule has 0 amide bonds. The van der Waals surface area contributed by atoms with Crippen molar-refractivity contribution < 1.29 is 0 Å². The van der Waals surface area contributed by atoms with Gasteiger partial charge >= 0.3 is 0 Å². The molecule has 0 spiro atoms. The summed E-state index contributed by atoms with van der Waals surface area (Å²) in [5.74, 6) is 2.25. The highest BCUT2D eigenvalue weighted by Gasteiger charge is 2.01. The second-order valence-electron chi connectivity index (χ2n) is 8.88. The molecule has 3 rings (SSSR count). The number of benzene rings is 1. The number of allylic oxidation sites excluding steroid dienone is 2. The minimum atomic E-state index is 0.738. The SMILES string of the molecule is CC(C)CC1=CCC=N1.CC(C)Cc1ccccc1.CC(C)Cc1ccncc1. The van der Waals surface area contributed by atoms with Crippen LogP contribution in [-0.4, -0.2) is 11.2 Å². The molecule has 2 nitrogen and oxygen atoms in total. The van der Waals surface area contributed by atoms with Crippen LogP contribution < -0.4 is 0 Å². The summed E-state index contributed by atoms with van der Waals surface area (Å²) in [6, 6.07) is 14.7. The average molecular weight is 393 g/mol. The molecule has 0 radical (unpaired) electrons. The third-order valence-electron chi connectivity index (χ3n) is 4.21. The molecule has 1 aromatic heterocycles. The Balaban J connectivity index is 0.000000218. The fourth-order valence-corrected chi connectivity index (χ4v) is 3.04. The maximum atomic E-state index is 4.21. The van der Waals surface area contributed by atoms with Gasteiger partial charge in [0, 0.05) is 30.7 Å². The number of rotatable bonds is 6. The molecule has 0 atom stereocenters. The number of aliphatic imine (C=N–C) groups is 1. The van der Waals surface area contributed by atoms with Crippen LogP contribution in [0.15, 0.2) is 71.6 Å². The molecular formula is C27H40N2. The van der Waals surface area contributed by atoms with Gasteiger partial charge in [-0.3, -0.25) is 9.98 Å². The summed E-state index contributed by atoms with van der Waals surface area (Å²) in [6.45, 7) is 13.4. The van der Waals surface area contributed by atoms with Gasteiger partial charge in [0.1, 0.15) is 0 Å². The van der Waals surface area contributed by atoms with Crippen LogP contribution in [0.1, 0.15) is 65.5 Å². The van der Waals surface area contributed by atoms with Gasteiger partial charge in [0.15, 0.2) is 0 Å². The average Bonchev–Trinajstić information content (AvgIpc) is 3.16. The molecule has 2 heterocycles. The zero-order valence-electron chi connectivity index (χ0n) is 19.3. The van der Waals surface area contributed by atoms with Gasteiger partial charge in [0.2, 0.25) is 0 Å². The smallest absolute Gasteiger partial charge is 0.0366 e. The second kappa shape index (κ2) is 14.7. The quantitative estimate of drug-likeness (QED) is 0.498. The highest BCUT2D eigenvalue weighted by Crippen LogP contribution is 2.15. The van der Waals surface area contributed by atoms with Crippen LogP contribution in [0.5, 0.6) is 0 Å². The van der Waals surface area contributed by atoms with Crippen molar-refractivity contribution in [2.24, 2.45) is 22.7 Å². The van der Waals surface area contributed by atoms with E-state index in [0.717, 1.165) is 37.0 Å². The van der Waals surface area contributed by atoms with E-state index in [-0.39, 0.29) is 0 Å². The molecule has 0 bridgehead atoms. The molecule has 1 aromatic carbocycles. The van der Waals surface area contributed by atoms with E-state index in [9.17, 15) is 0 Å². The first kappa shape index (κ1) is 24.8. The molecule has 2 aromatic rings. The van der Waals surface area contributed by atoms with Crippen molar-refractivity contribution in [3.63, 3.8) is 0 Å². The van der Waals surface area contributed by atoms with Crippen molar-refractivity contribution in [3.05, 3.63) is 77.8 Å². The fraction of sp³-hybridized carbons (Fsp3) is 0.481. The van der Waals surface area contributed by atoms with E-state index in [2.05, 4.69) is 100 Å². The maximum absolute atomic E-state index is 4.21. The van der Waals surface area contributed by atoms with Crippen LogP contribution in [0, 0.1) is 17.8 Å². The van der Waals surface area contributed by atoms with Crippen molar-refractivity contribution >= 4 is 6.21 Å². The highest BCUT2D eigenvalue weighted by molar-refractivity contribution is 5.64. The topological polar surface area (TPSA) is 25.2 Å². The zero-order valence-corrected chi connectivity index (χ0v) is 19.3. The van der Waals surface area contributed by atoms with E-state index in [0.29, 0.717) is 0 Å². The summed E-state index contributed by atoms with van der Waals surface area (Å²) in [7, 11) is 0. The Morgan fingerprint density at radius 3 is 1.66 bits per heavy atom. The Morgan fingerprint density at radius 2 is 1.21 bits per heavy atom. The van der Waals surface area contributed by atoms with Crippen LogP contribution >= 0.6 is 0 Å². The van der Waals surface area contributed by atoms with Crippen molar-refractivity contribution in [1.29, 1.82) is 0 Å². The first-order valence-electron chi connectivity index (χ1n) is 11.0. The van der Waals surface area contributed by atoms with Gasteiger partial charge in [0.25, 0.3) is 0 Å². The van der Waals surface area contributed by atoms with E-state index < -0.39 is 0 Å². The third kappa shape index (κ3) is 13.6. The van der Waals surface area contributed by atoms with Crippen molar-refractivity contribution in [2.45, 2.75) is 67.2 Å². The molecule has 1 aliphatic rings. The standard InChI is InChI=1S/C10H14.C9H13N.C8H13N/c1-9(2)8-10-6-4-3-5-7-10;1-8(2)7-9-3-5-10-6-4-9;1-7(2)6-8-4-3-5-9-8/h3-7,9H,8H2,1-2H3;3-6,8H,7H2,1-2H3;4-5,7H,3,6H2,1-2H3. The lowest BCUT2D eigenvalue weighted by Crippen LogP contribution is -1.92. The first-order valence-corrected chi connectivity index (χ1v) is 11.0. The summed E-state index contributed by atoms with van der Waals surface area (Å²) in [5.41, 5.74) is 4.09. The number of hydrogen-bond donors (Lipinski definition) is 0. The molecular weight excluding hydrogens is 352 g/mol. The number of pyridine rings is 1. The highest BCUT2D eigenvalue weighted by atomic mass is 14.7. The van der Waals surface area contributed by atoms with Crippen LogP contribution in [0.25, 0.3) is 0 Å². The molecule has 0 N–H and O–H groups in total. The largest absolute Gasteiger partial charge is 0.266 e. The second-order valence-corrected chi connectivity index (χ2v) is 8.88. The number of nitrogens with zero attached hydrogens (tertiary/aromatic N) is 2. The monoisotopic (exact) mass is 392 g/mol. The number of aromatic nitrogens is 1. The maximum Gasteiger partial charge on any atom is 0.0366 e. The van der Waals surface area contributed by atoms with Gasteiger partial charge in [-0.1, -0.05) is 78.0 Å². The Morgan fingerprint density at radius 1 is 0.690 bits per heavy atom. The normalized spacial score (nSPS) is 12.4. The molecule has 0 unspecified atom stereocenters. The van der Waals surface area contributed by atoms with Crippen LogP contribution in [-0.2, 0) is 12.8 Å². The van der Waals surface area contributed by atoms with E-state index >= 15 is 0 Å². The zero-order chi connectivity index (χ0) is 21.5. The fourth-order valence-electron chi connectivity index (χ4n) is 3.04. The third-order valence-corrected chi connectivity index (χ3v) is 4.21. The Labute approximate surface area is 179 Å². The van der Waals surface area contributed by atoms with Gasteiger partial charge in [0.05, 0.1) is 0 Å². The van der Waals surface area contributed by atoms with Gasteiger partial charge in [-0.15, -0.1) is 0 Å². The Hall–Kier alpha value is -2.22. The number of hydrogen-bond acceptors (Lipinski definition) is 2. The van der Waals surface area contributed by atoms with E-state index in [4.69, 9.17) is 0 Å². The summed E-state index contributed by atoms with van der Waals surface area (Å²) in [5, 5.41) is 0. The van der Waals surface area contributed by atoms with Crippen LogP contribution in [0.3, 0.4) is 0 Å². The molecule has 0 saturated carbocycles. The van der Waals surface area contributed by atoms with Gasteiger partial charge in [-0.25, -0.2) is 0 Å². The lowest BCUT2D eigenvalue weighted by molar-refractivity contribution is 0.640. The molecule has 0 fully saturated rings. The molecule has 0 saturated heterocycles. The Bertz CT molecular complexity index is 652. The predicted molar refractivity (Wildman–Crippen MR) is 128 cm³/mol. The minimum Gasteiger partial charge on any atom is -0.266 e. The van der Waals surface area contributed by atoms with Crippen molar-refractivity contribution in [2.75, 3.05) is 0 Å². The van der Waals surface area contributed by atoms with Crippen LogP contribution in [0.2, 0.25) is 0 Å². The molecule has 2 heteroatoms. The van der Waals surface area contributed by atoms with Gasteiger partial charge in [-0.05, 0) is 60.3 Å². The lowest BCUT2D eigenvalue weighted by Gasteiger charge is -2.02. The molecule has 158 valence electrons. The first-order chi connectivity index (χ1) is 13.9. The predicted octanol–water partition coefficient (Wildman–Crippen LogP) is 7.56. The van der Waals surface area contributed by atoms with Gasteiger partial charge < -0.3 is 0 Å². The minimum absolute atomic E-state index is 0.738. The lowest BCUT2D eigenvalue weighted by atomic mass is 10.0. The van der Waals surface area contributed by atoms with Crippen molar-refractivity contribution in [1.82, 2.24) is 4.98 Å². The summed E-state index contributed by atoms with van der Waals surface area (Å²) >= 11 is 0. The van der Waals surface area contributed by atoms with E-state index in [1.54, 1.807) is 0 Å².